The third-order valence-corrected chi connectivity index (χ3v) is 4.11. The second-order valence-electron chi connectivity index (χ2n) is 7.41. The Labute approximate surface area is 152 Å². The van der Waals surface area contributed by atoms with E-state index in [2.05, 4.69) is 5.32 Å². The maximum absolute atomic E-state index is 12.2. The summed E-state index contributed by atoms with van der Waals surface area (Å²) in [7, 11) is 0. The summed E-state index contributed by atoms with van der Waals surface area (Å²) in [5.41, 5.74) is 0.250. The van der Waals surface area contributed by atoms with Crippen LogP contribution in [0.15, 0.2) is 24.3 Å². The molecule has 0 spiro atoms. The summed E-state index contributed by atoms with van der Waals surface area (Å²) in [6, 6.07) is 6.59. The molecule has 0 unspecified atom stereocenters. The average Bonchev–Trinajstić information content (AvgIpc) is 2.58. The number of carbonyl (C=O) groups is 2. The van der Waals surface area contributed by atoms with Gasteiger partial charge in [-0.15, -0.1) is 0 Å². The van der Waals surface area contributed by atoms with Gasteiger partial charge in [0.25, 0.3) is 11.6 Å². The van der Waals surface area contributed by atoms with Crippen molar-refractivity contribution in [3.8, 4) is 0 Å². The quantitative estimate of drug-likeness (QED) is 0.489. The molecule has 0 saturated carbocycles. The number of esters is 1. The van der Waals surface area contributed by atoms with Gasteiger partial charge in [0.05, 0.1) is 10.8 Å². The van der Waals surface area contributed by atoms with Crippen LogP contribution in [0.4, 0.5) is 11.4 Å². The van der Waals surface area contributed by atoms with E-state index in [0.29, 0.717) is 31.6 Å². The van der Waals surface area contributed by atoms with Crippen molar-refractivity contribution in [2.24, 2.45) is 5.92 Å². The Bertz CT molecular complexity index is 676. The number of benzene rings is 1. The highest BCUT2D eigenvalue weighted by Crippen LogP contribution is 2.31. The molecule has 2 rings (SSSR count). The van der Waals surface area contributed by atoms with E-state index in [1.807, 2.05) is 25.7 Å². The van der Waals surface area contributed by atoms with E-state index in [1.54, 1.807) is 18.2 Å². The van der Waals surface area contributed by atoms with Crippen molar-refractivity contribution in [2.75, 3.05) is 24.6 Å². The van der Waals surface area contributed by atoms with Crippen LogP contribution in [0.25, 0.3) is 0 Å². The highest BCUT2D eigenvalue weighted by Gasteiger charge is 2.29. The summed E-state index contributed by atoms with van der Waals surface area (Å²) in [5, 5.41) is 13.9. The largest absolute Gasteiger partial charge is 0.455 e. The highest BCUT2D eigenvalue weighted by molar-refractivity contribution is 5.81. The number of rotatable bonds is 5. The molecule has 1 fully saturated rings. The Morgan fingerprint density at radius 2 is 1.88 bits per heavy atom. The molecule has 1 aliphatic heterocycles. The molecule has 0 bridgehead atoms. The first-order valence-corrected chi connectivity index (χ1v) is 8.63. The predicted octanol–water partition coefficient (Wildman–Crippen LogP) is 2.27. The first kappa shape index (κ1) is 19.7. The lowest BCUT2D eigenvalue weighted by molar-refractivity contribution is -0.384. The van der Waals surface area contributed by atoms with Gasteiger partial charge in [0.2, 0.25) is 0 Å². The highest BCUT2D eigenvalue weighted by atomic mass is 16.6. The smallest absolute Gasteiger partial charge is 0.309 e. The van der Waals surface area contributed by atoms with Crippen LogP contribution in [0.2, 0.25) is 0 Å². The van der Waals surface area contributed by atoms with E-state index in [9.17, 15) is 19.7 Å². The summed E-state index contributed by atoms with van der Waals surface area (Å²) >= 11 is 0. The molecule has 1 aliphatic rings. The van der Waals surface area contributed by atoms with Crippen molar-refractivity contribution in [1.82, 2.24) is 5.32 Å². The van der Waals surface area contributed by atoms with Gasteiger partial charge < -0.3 is 15.0 Å². The molecule has 1 aromatic rings. The van der Waals surface area contributed by atoms with Crippen LogP contribution >= 0.6 is 0 Å². The van der Waals surface area contributed by atoms with Gasteiger partial charge in [-0.25, -0.2) is 0 Å². The van der Waals surface area contributed by atoms with Gasteiger partial charge in [-0.05, 0) is 39.7 Å². The number of nitro benzene ring substituents is 1. The minimum Gasteiger partial charge on any atom is -0.455 e. The molecule has 0 atom stereocenters. The number of nitrogens with zero attached hydrogens (tertiary/aromatic N) is 2. The standard InChI is InChI=1S/C18H25N3O5/c1-18(2,3)19-16(22)12-26-17(23)13-8-10-20(11-9-13)14-6-4-5-7-15(14)21(24)25/h4-7,13H,8-12H2,1-3H3,(H,19,22). The number of piperidine rings is 1. The fraction of sp³-hybridized carbons (Fsp3) is 0.556. The zero-order chi connectivity index (χ0) is 19.3. The molecule has 1 aromatic carbocycles. The van der Waals surface area contributed by atoms with Crippen LogP contribution in [-0.4, -0.2) is 42.0 Å². The summed E-state index contributed by atoms with van der Waals surface area (Å²) in [4.78, 5) is 36.5. The molecule has 1 N–H and O–H groups in total. The van der Waals surface area contributed by atoms with Crippen molar-refractivity contribution in [3.05, 3.63) is 34.4 Å². The monoisotopic (exact) mass is 363 g/mol. The molecule has 26 heavy (non-hydrogen) atoms. The Balaban J connectivity index is 1.86. The van der Waals surface area contributed by atoms with Crippen LogP contribution in [0.1, 0.15) is 33.6 Å². The summed E-state index contributed by atoms with van der Waals surface area (Å²) < 4.78 is 5.11. The lowest BCUT2D eigenvalue weighted by Gasteiger charge is -2.32. The normalized spacial score (nSPS) is 15.4. The Morgan fingerprint density at radius 3 is 2.46 bits per heavy atom. The molecule has 142 valence electrons. The molecular weight excluding hydrogens is 338 g/mol. The number of hydrogen-bond donors (Lipinski definition) is 1. The molecule has 0 aromatic heterocycles. The number of carbonyl (C=O) groups excluding carboxylic acids is 2. The molecule has 1 heterocycles. The fourth-order valence-electron chi connectivity index (χ4n) is 2.95. The zero-order valence-corrected chi connectivity index (χ0v) is 15.4. The van der Waals surface area contributed by atoms with Crippen LogP contribution < -0.4 is 10.2 Å². The summed E-state index contributed by atoms with van der Waals surface area (Å²) in [6.45, 7) is 6.32. The number of amides is 1. The van der Waals surface area contributed by atoms with Gasteiger partial charge in [0, 0.05) is 24.7 Å². The molecule has 8 heteroatoms. The van der Waals surface area contributed by atoms with Gasteiger partial charge in [-0.3, -0.25) is 19.7 Å². The van der Waals surface area contributed by atoms with E-state index >= 15 is 0 Å². The Kier molecular flexibility index (Phi) is 6.18. The SMILES string of the molecule is CC(C)(C)NC(=O)COC(=O)C1CCN(c2ccccc2[N+](=O)[O-])CC1. The van der Waals surface area contributed by atoms with Crippen molar-refractivity contribution in [1.29, 1.82) is 0 Å². The number of nitrogens with one attached hydrogen (secondary N) is 1. The van der Waals surface area contributed by atoms with E-state index < -0.39 is 10.9 Å². The van der Waals surface area contributed by atoms with E-state index in [-0.39, 0.29) is 29.7 Å². The number of nitro groups is 1. The molecule has 8 nitrogen and oxygen atoms in total. The Morgan fingerprint density at radius 1 is 1.27 bits per heavy atom. The average molecular weight is 363 g/mol. The second kappa shape index (κ2) is 8.16. The summed E-state index contributed by atoms with van der Waals surface area (Å²) in [6.07, 6.45) is 1.07. The van der Waals surface area contributed by atoms with Gasteiger partial charge >= 0.3 is 5.97 Å². The first-order chi connectivity index (χ1) is 12.2. The number of anilines is 1. The van der Waals surface area contributed by atoms with Gasteiger partial charge in [-0.1, -0.05) is 12.1 Å². The Hall–Kier alpha value is -2.64. The maximum Gasteiger partial charge on any atom is 0.309 e. The van der Waals surface area contributed by atoms with E-state index in [0.717, 1.165) is 0 Å². The third kappa shape index (κ3) is 5.44. The van der Waals surface area contributed by atoms with Gasteiger partial charge in [0.1, 0.15) is 5.69 Å². The molecule has 1 amide bonds. The number of para-hydroxylation sites is 2. The number of ether oxygens (including phenoxy) is 1. The van der Waals surface area contributed by atoms with Crippen LogP contribution in [-0.2, 0) is 14.3 Å². The topological polar surface area (TPSA) is 102 Å². The summed E-state index contributed by atoms with van der Waals surface area (Å²) in [5.74, 6) is -1.02. The minimum absolute atomic E-state index is 0.0624. The van der Waals surface area contributed by atoms with Gasteiger partial charge in [0.15, 0.2) is 6.61 Å². The zero-order valence-electron chi connectivity index (χ0n) is 15.4. The second-order valence-corrected chi connectivity index (χ2v) is 7.41. The van der Waals surface area contributed by atoms with Crippen molar-refractivity contribution in [3.63, 3.8) is 0 Å². The van der Waals surface area contributed by atoms with Crippen LogP contribution in [0.3, 0.4) is 0 Å². The minimum atomic E-state index is -0.399. The lowest BCUT2D eigenvalue weighted by atomic mass is 9.96. The number of hydrogen-bond acceptors (Lipinski definition) is 6. The van der Waals surface area contributed by atoms with E-state index in [4.69, 9.17) is 4.74 Å². The van der Waals surface area contributed by atoms with Crippen LogP contribution in [0, 0.1) is 16.0 Å². The van der Waals surface area contributed by atoms with Crippen molar-refractivity contribution < 1.29 is 19.2 Å². The third-order valence-electron chi connectivity index (χ3n) is 4.11. The molecule has 1 saturated heterocycles. The van der Waals surface area contributed by atoms with Crippen molar-refractivity contribution in [2.45, 2.75) is 39.2 Å². The molecular formula is C18H25N3O5. The lowest BCUT2D eigenvalue weighted by Crippen LogP contribution is -2.43. The first-order valence-electron chi connectivity index (χ1n) is 8.63. The fourth-order valence-corrected chi connectivity index (χ4v) is 2.95. The van der Waals surface area contributed by atoms with E-state index in [1.165, 1.54) is 6.07 Å². The van der Waals surface area contributed by atoms with Gasteiger partial charge in [-0.2, -0.15) is 0 Å². The van der Waals surface area contributed by atoms with Crippen molar-refractivity contribution >= 4 is 23.3 Å². The molecule has 0 aliphatic carbocycles. The predicted molar refractivity (Wildman–Crippen MR) is 96.9 cm³/mol. The maximum atomic E-state index is 12.2. The van der Waals surface area contributed by atoms with Crippen LogP contribution in [0.5, 0.6) is 0 Å². The molecule has 0 radical (unpaired) electrons.